The lowest BCUT2D eigenvalue weighted by molar-refractivity contribution is 0.0601. The molecule has 0 saturated heterocycles. The van der Waals surface area contributed by atoms with Crippen LogP contribution in [0.1, 0.15) is 68.1 Å². The smallest absolute Gasteiger partial charge is 0.340 e. The van der Waals surface area contributed by atoms with Crippen LogP contribution in [0.5, 0.6) is 0 Å². The zero-order valence-corrected chi connectivity index (χ0v) is 17.2. The van der Waals surface area contributed by atoms with Crippen LogP contribution >= 0.6 is 0 Å². The summed E-state index contributed by atoms with van der Waals surface area (Å²) in [5.41, 5.74) is 5.27. The quantitative estimate of drug-likeness (QED) is 0.509. The molecule has 0 N–H and O–H groups in total. The van der Waals surface area contributed by atoms with Gasteiger partial charge in [-0.1, -0.05) is 58.9 Å². The topological polar surface area (TPSA) is 38.7 Å². The fraction of sp³-hybridized carbons (Fsp3) is 0.417. The van der Waals surface area contributed by atoms with Crippen LogP contribution in [0.3, 0.4) is 0 Å². The number of ether oxygens (including phenoxy) is 1. The van der Waals surface area contributed by atoms with E-state index in [1.165, 1.54) is 24.7 Å². The monoisotopic (exact) mass is 363 g/mol. The number of methoxy groups -OCH3 is 1. The molecular formula is C24H29NO2. The van der Waals surface area contributed by atoms with E-state index in [4.69, 9.17) is 4.74 Å². The van der Waals surface area contributed by atoms with Crippen LogP contribution in [0.15, 0.2) is 47.5 Å². The van der Waals surface area contributed by atoms with Gasteiger partial charge in [0.25, 0.3) is 0 Å². The Morgan fingerprint density at radius 3 is 2.52 bits per heavy atom. The van der Waals surface area contributed by atoms with Crippen molar-refractivity contribution in [1.29, 1.82) is 0 Å². The largest absolute Gasteiger partial charge is 0.465 e. The van der Waals surface area contributed by atoms with Crippen molar-refractivity contribution in [2.45, 2.75) is 51.9 Å². The van der Waals surface area contributed by atoms with E-state index < -0.39 is 0 Å². The van der Waals surface area contributed by atoms with Crippen LogP contribution in [0.2, 0.25) is 0 Å². The van der Waals surface area contributed by atoms with E-state index in [0.29, 0.717) is 17.2 Å². The maximum absolute atomic E-state index is 11.9. The summed E-state index contributed by atoms with van der Waals surface area (Å²) < 4.78 is 4.85. The predicted octanol–water partition coefficient (Wildman–Crippen LogP) is 5.82. The number of carbonyl (C=O) groups excluding carboxylic acids is 1. The first kappa shape index (κ1) is 19.3. The van der Waals surface area contributed by atoms with Crippen molar-refractivity contribution in [2.75, 3.05) is 7.11 Å². The maximum Gasteiger partial charge on any atom is 0.340 e. The Labute approximate surface area is 162 Å². The zero-order valence-electron chi connectivity index (χ0n) is 17.2. The molecule has 0 radical (unpaired) electrons. The highest BCUT2D eigenvalue weighted by atomic mass is 16.5. The number of carbonyl (C=O) groups is 1. The minimum Gasteiger partial charge on any atom is -0.465 e. The molecule has 3 nitrogen and oxygen atoms in total. The second kappa shape index (κ2) is 6.95. The summed E-state index contributed by atoms with van der Waals surface area (Å²) in [4.78, 5) is 16.5. The molecule has 0 fully saturated rings. The average Bonchev–Trinajstić information content (AvgIpc) is 2.64. The molecule has 0 saturated carbocycles. The van der Waals surface area contributed by atoms with Crippen molar-refractivity contribution in [1.82, 2.24) is 0 Å². The van der Waals surface area contributed by atoms with E-state index in [-0.39, 0.29) is 16.8 Å². The Morgan fingerprint density at radius 2 is 1.81 bits per heavy atom. The molecule has 1 aliphatic carbocycles. The van der Waals surface area contributed by atoms with Crippen molar-refractivity contribution in [2.24, 2.45) is 10.9 Å². The van der Waals surface area contributed by atoms with Gasteiger partial charge in [-0.2, -0.15) is 0 Å². The number of esters is 1. The number of benzene rings is 2. The third-order valence-electron chi connectivity index (χ3n) is 6.18. The molecule has 1 atom stereocenters. The maximum atomic E-state index is 11.9. The summed E-state index contributed by atoms with van der Waals surface area (Å²) in [6.07, 6.45) is 3.03. The van der Waals surface area contributed by atoms with E-state index in [0.717, 1.165) is 5.56 Å². The van der Waals surface area contributed by atoms with Gasteiger partial charge in [-0.05, 0) is 58.1 Å². The van der Waals surface area contributed by atoms with E-state index in [1.807, 2.05) is 24.4 Å². The first-order valence-corrected chi connectivity index (χ1v) is 9.53. The molecule has 0 spiro atoms. The van der Waals surface area contributed by atoms with Crippen molar-refractivity contribution >= 4 is 17.9 Å². The number of para-hydroxylation sites is 1. The minimum absolute atomic E-state index is 0.124. The van der Waals surface area contributed by atoms with Gasteiger partial charge in [0.2, 0.25) is 0 Å². The van der Waals surface area contributed by atoms with Crippen molar-refractivity contribution in [3.8, 4) is 0 Å². The van der Waals surface area contributed by atoms with Gasteiger partial charge in [-0.3, -0.25) is 4.99 Å². The number of rotatable bonds is 3. The van der Waals surface area contributed by atoms with Crippen LogP contribution in [0.4, 0.5) is 5.69 Å². The molecule has 0 aromatic heterocycles. The number of hydrogen-bond donors (Lipinski definition) is 0. The molecule has 2 aromatic carbocycles. The van der Waals surface area contributed by atoms with Crippen molar-refractivity contribution in [3.05, 3.63) is 64.7 Å². The summed E-state index contributed by atoms with van der Waals surface area (Å²) in [6.45, 7) is 11.7. The lowest BCUT2D eigenvalue weighted by atomic mass is 9.58. The van der Waals surface area contributed by atoms with Crippen LogP contribution in [0.25, 0.3) is 0 Å². The number of hydrogen-bond acceptors (Lipinski definition) is 3. The first-order chi connectivity index (χ1) is 12.7. The standard InChI is InChI=1S/C24H29NO2/c1-16-14-23(2,3)19-12-11-17(13-20(19)24(16,4)5)15-25-21-10-8-7-9-18(21)22(26)27-6/h7-13,15-16H,14H2,1-6H3. The third kappa shape index (κ3) is 3.55. The summed E-state index contributed by atoms with van der Waals surface area (Å²) in [5.74, 6) is 0.233. The predicted molar refractivity (Wildman–Crippen MR) is 111 cm³/mol. The third-order valence-corrected chi connectivity index (χ3v) is 6.18. The molecule has 0 aliphatic heterocycles. The van der Waals surface area contributed by atoms with Gasteiger partial charge in [0, 0.05) is 6.21 Å². The highest BCUT2D eigenvalue weighted by Crippen LogP contribution is 2.49. The summed E-state index contributed by atoms with van der Waals surface area (Å²) >= 11 is 0. The van der Waals surface area contributed by atoms with Gasteiger partial charge >= 0.3 is 5.97 Å². The Kier molecular flexibility index (Phi) is 4.98. The fourth-order valence-corrected chi connectivity index (χ4v) is 4.17. The van der Waals surface area contributed by atoms with Crippen molar-refractivity contribution in [3.63, 3.8) is 0 Å². The molecular weight excluding hydrogens is 334 g/mol. The SMILES string of the molecule is COC(=O)c1ccccc1N=Cc1ccc2c(c1)C(C)(C)C(C)CC2(C)C. The zero-order chi connectivity index (χ0) is 19.8. The normalized spacial score (nSPS) is 20.3. The Balaban J connectivity index is 2.01. The van der Waals surface area contributed by atoms with Crippen LogP contribution in [-0.4, -0.2) is 19.3 Å². The fourth-order valence-electron chi connectivity index (χ4n) is 4.17. The lowest BCUT2D eigenvalue weighted by Gasteiger charge is -2.46. The Bertz CT molecular complexity index is 893. The Hall–Kier alpha value is -2.42. The summed E-state index contributed by atoms with van der Waals surface area (Å²) in [6, 6.07) is 13.9. The van der Waals surface area contributed by atoms with E-state index in [2.05, 4.69) is 57.8 Å². The molecule has 2 aromatic rings. The summed E-state index contributed by atoms with van der Waals surface area (Å²) in [5, 5.41) is 0. The van der Waals surface area contributed by atoms with Crippen LogP contribution < -0.4 is 0 Å². The van der Waals surface area contributed by atoms with Crippen molar-refractivity contribution < 1.29 is 9.53 Å². The first-order valence-electron chi connectivity index (χ1n) is 9.53. The highest BCUT2D eigenvalue weighted by Gasteiger charge is 2.41. The molecule has 27 heavy (non-hydrogen) atoms. The molecule has 1 unspecified atom stereocenters. The minimum atomic E-state index is -0.370. The van der Waals surface area contributed by atoms with E-state index in [9.17, 15) is 4.79 Å². The second-order valence-electron chi connectivity index (χ2n) is 8.78. The highest BCUT2D eigenvalue weighted by molar-refractivity contribution is 5.96. The van der Waals surface area contributed by atoms with Crippen LogP contribution in [-0.2, 0) is 15.6 Å². The molecule has 3 rings (SSSR count). The van der Waals surface area contributed by atoms with Gasteiger partial charge in [0.15, 0.2) is 0 Å². The lowest BCUT2D eigenvalue weighted by Crippen LogP contribution is -2.40. The second-order valence-corrected chi connectivity index (χ2v) is 8.78. The van der Waals surface area contributed by atoms with Gasteiger partial charge in [0.1, 0.15) is 0 Å². The average molecular weight is 364 g/mol. The number of aliphatic imine (C=N–C) groups is 1. The molecule has 1 aliphatic rings. The number of nitrogens with zero attached hydrogens (tertiary/aromatic N) is 1. The van der Waals surface area contributed by atoms with Crippen LogP contribution in [0, 0.1) is 5.92 Å². The van der Waals surface area contributed by atoms with Gasteiger partial charge in [0.05, 0.1) is 18.4 Å². The Morgan fingerprint density at radius 1 is 1.11 bits per heavy atom. The molecule has 142 valence electrons. The van der Waals surface area contributed by atoms with Gasteiger partial charge in [-0.15, -0.1) is 0 Å². The van der Waals surface area contributed by atoms with Gasteiger partial charge < -0.3 is 4.74 Å². The number of fused-ring (bicyclic) bond motifs is 1. The van der Waals surface area contributed by atoms with E-state index in [1.54, 1.807) is 6.07 Å². The van der Waals surface area contributed by atoms with Gasteiger partial charge in [-0.25, -0.2) is 4.79 Å². The molecule has 0 bridgehead atoms. The molecule has 3 heteroatoms. The molecule has 0 amide bonds. The molecule has 0 heterocycles. The summed E-state index contributed by atoms with van der Waals surface area (Å²) in [7, 11) is 1.39. The van der Waals surface area contributed by atoms with E-state index >= 15 is 0 Å².